The first-order valence-corrected chi connectivity index (χ1v) is 16.4. The Labute approximate surface area is 267 Å². The lowest BCUT2D eigenvalue weighted by Gasteiger charge is -2.33. The molecule has 8 rings (SSSR count). The monoisotopic (exact) mass is 579 g/mol. The van der Waals surface area contributed by atoms with Gasteiger partial charge in [-0.05, 0) is 86.6 Å². The third-order valence-corrected chi connectivity index (χ3v) is 9.98. The summed E-state index contributed by atoms with van der Waals surface area (Å²) in [6.07, 6.45) is 12.5. The molecule has 0 amide bonds. The van der Waals surface area contributed by atoms with Crippen molar-refractivity contribution >= 4 is 16.9 Å². The Morgan fingerprint density at radius 1 is 0.622 bits per heavy atom. The van der Waals surface area contributed by atoms with Gasteiger partial charge < -0.3 is 0 Å². The van der Waals surface area contributed by atoms with Gasteiger partial charge in [0.2, 0.25) is 0 Å². The lowest BCUT2D eigenvalue weighted by Crippen LogP contribution is -2.13. The van der Waals surface area contributed by atoms with Crippen molar-refractivity contribution in [1.29, 1.82) is 0 Å². The van der Waals surface area contributed by atoms with Crippen LogP contribution in [0.3, 0.4) is 0 Å². The molecule has 1 heterocycles. The summed E-state index contributed by atoms with van der Waals surface area (Å²) >= 11 is 0. The highest BCUT2D eigenvalue weighted by Gasteiger charge is 2.31. The van der Waals surface area contributed by atoms with Crippen molar-refractivity contribution in [2.75, 3.05) is 0 Å². The maximum atomic E-state index is 5.41. The molecule has 3 unspecified atom stereocenters. The molecule has 45 heavy (non-hydrogen) atoms. The van der Waals surface area contributed by atoms with Gasteiger partial charge >= 0.3 is 0 Å². The first-order valence-electron chi connectivity index (χ1n) is 16.4. The van der Waals surface area contributed by atoms with Gasteiger partial charge in [-0.25, -0.2) is 0 Å². The van der Waals surface area contributed by atoms with Crippen molar-refractivity contribution in [3.05, 3.63) is 180 Å². The minimum Gasteiger partial charge on any atom is -0.276 e. The number of rotatable bonds is 5. The molecule has 0 fully saturated rings. The summed E-state index contributed by atoms with van der Waals surface area (Å²) in [5.41, 5.74) is 15.7. The third kappa shape index (κ3) is 5.03. The van der Waals surface area contributed by atoms with Gasteiger partial charge in [0, 0.05) is 11.5 Å². The van der Waals surface area contributed by atoms with E-state index in [0.29, 0.717) is 11.8 Å². The molecule has 0 aromatic heterocycles. The SMILES string of the molecule is CCC1CC=CC(c2cccc(-c3ccccc3C3=CC=C4c5ccccc5-c5ccccc5C4C3)c2)=NC1c1ccccc1. The molecule has 2 aliphatic carbocycles. The lowest BCUT2D eigenvalue weighted by molar-refractivity contribution is 0.427. The van der Waals surface area contributed by atoms with Crippen LogP contribution < -0.4 is 0 Å². The molecule has 5 aromatic carbocycles. The Morgan fingerprint density at radius 3 is 2.13 bits per heavy atom. The number of hydrogen-bond acceptors (Lipinski definition) is 1. The van der Waals surface area contributed by atoms with Crippen LogP contribution in [0.1, 0.15) is 66.0 Å². The van der Waals surface area contributed by atoms with Gasteiger partial charge in [0.15, 0.2) is 0 Å². The molecule has 5 aromatic rings. The lowest BCUT2D eigenvalue weighted by atomic mass is 9.70. The zero-order valence-corrected chi connectivity index (χ0v) is 25.7. The van der Waals surface area contributed by atoms with Crippen molar-refractivity contribution in [3.8, 4) is 22.3 Å². The highest BCUT2D eigenvalue weighted by molar-refractivity contribution is 6.09. The normalized spacial score (nSPS) is 20.1. The molecule has 0 saturated carbocycles. The standard InChI is InChI=1S/C44H37N/c1-2-30-16-13-25-43(45-44(30)31-14-4-3-5-15-31)34-18-12-17-32(28-34)35-19-6-7-20-36(35)33-26-27-41-39-23-9-8-21-37(39)38-22-10-11-24-40(38)42(41)29-33/h3-15,17-28,30,42,44H,2,16,29H2,1H3. The van der Waals surface area contributed by atoms with E-state index in [1.807, 2.05) is 0 Å². The summed E-state index contributed by atoms with van der Waals surface area (Å²) in [5, 5.41) is 0. The van der Waals surface area contributed by atoms with Gasteiger partial charge in [-0.3, -0.25) is 4.99 Å². The second-order valence-corrected chi connectivity index (χ2v) is 12.5. The van der Waals surface area contributed by atoms with Crippen molar-refractivity contribution in [3.63, 3.8) is 0 Å². The van der Waals surface area contributed by atoms with Crippen LogP contribution in [0.5, 0.6) is 0 Å². The fourth-order valence-electron chi connectivity index (χ4n) is 7.68. The Bertz CT molecular complexity index is 2000. The van der Waals surface area contributed by atoms with Crippen molar-refractivity contribution < 1.29 is 0 Å². The number of allylic oxidation sites excluding steroid dienone is 6. The molecule has 0 radical (unpaired) electrons. The van der Waals surface area contributed by atoms with E-state index >= 15 is 0 Å². The molecule has 3 atom stereocenters. The van der Waals surface area contributed by atoms with Crippen LogP contribution >= 0.6 is 0 Å². The predicted molar refractivity (Wildman–Crippen MR) is 190 cm³/mol. The second kappa shape index (κ2) is 11.8. The molecule has 1 aliphatic heterocycles. The first kappa shape index (κ1) is 27.5. The van der Waals surface area contributed by atoms with Crippen LogP contribution in [0.15, 0.2) is 157 Å². The molecular weight excluding hydrogens is 542 g/mol. The maximum absolute atomic E-state index is 5.41. The van der Waals surface area contributed by atoms with Gasteiger partial charge in [0.05, 0.1) is 11.8 Å². The Kier molecular flexibility index (Phi) is 7.23. The largest absolute Gasteiger partial charge is 0.276 e. The van der Waals surface area contributed by atoms with Crippen LogP contribution in [0.4, 0.5) is 0 Å². The maximum Gasteiger partial charge on any atom is 0.0787 e. The summed E-state index contributed by atoms with van der Waals surface area (Å²) in [6.45, 7) is 2.29. The minimum atomic E-state index is 0.161. The Hall–Kier alpha value is -5.01. The first-order chi connectivity index (χ1) is 22.3. The molecule has 0 spiro atoms. The van der Waals surface area contributed by atoms with Gasteiger partial charge in [-0.2, -0.15) is 0 Å². The average molecular weight is 580 g/mol. The van der Waals surface area contributed by atoms with Crippen LogP contribution in [0, 0.1) is 5.92 Å². The molecule has 0 bridgehead atoms. The molecule has 1 nitrogen and oxygen atoms in total. The smallest absolute Gasteiger partial charge is 0.0787 e. The fraction of sp³-hybridized carbons (Fsp3) is 0.159. The van der Waals surface area contributed by atoms with Crippen LogP contribution in [0.2, 0.25) is 0 Å². The third-order valence-electron chi connectivity index (χ3n) is 9.98. The van der Waals surface area contributed by atoms with Crippen molar-refractivity contribution in [1.82, 2.24) is 0 Å². The average Bonchev–Trinajstić information content (AvgIpc) is 3.35. The Morgan fingerprint density at radius 2 is 1.31 bits per heavy atom. The fourth-order valence-corrected chi connectivity index (χ4v) is 7.68. The van der Waals surface area contributed by atoms with E-state index in [0.717, 1.165) is 25.0 Å². The van der Waals surface area contributed by atoms with E-state index in [-0.39, 0.29) is 6.04 Å². The number of fused-ring (bicyclic) bond motifs is 6. The summed E-state index contributed by atoms with van der Waals surface area (Å²) in [5.74, 6) is 0.848. The summed E-state index contributed by atoms with van der Waals surface area (Å²) in [6, 6.07) is 46.8. The summed E-state index contributed by atoms with van der Waals surface area (Å²) in [7, 11) is 0. The molecular formula is C44H37N. The van der Waals surface area contributed by atoms with Crippen LogP contribution in [-0.4, -0.2) is 5.71 Å². The number of aliphatic imine (C=N–C) groups is 1. The highest BCUT2D eigenvalue weighted by atomic mass is 14.8. The predicted octanol–water partition coefficient (Wildman–Crippen LogP) is 11.5. The van der Waals surface area contributed by atoms with E-state index in [4.69, 9.17) is 4.99 Å². The number of benzene rings is 5. The molecule has 3 aliphatic rings. The van der Waals surface area contributed by atoms with Gasteiger partial charge in [0.25, 0.3) is 0 Å². The van der Waals surface area contributed by atoms with Crippen LogP contribution in [-0.2, 0) is 0 Å². The van der Waals surface area contributed by atoms with Crippen molar-refractivity contribution in [2.45, 2.75) is 38.1 Å². The zero-order chi connectivity index (χ0) is 30.2. The molecule has 218 valence electrons. The second-order valence-electron chi connectivity index (χ2n) is 12.5. The topological polar surface area (TPSA) is 12.4 Å². The van der Waals surface area contributed by atoms with E-state index in [1.165, 1.54) is 61.2 Å². The molecule has 0 saturated heterocycles. The summed E-state index contributed by atoms with van der Waals surface area (Å²) < 4.78 is 0. The highest BCUT2D eigenvalue weighted by Crippen LogP contribution is 2.52. The van der Waals surface area contributed by atoms with Gasteiger partial charge in [-0.1, -0.05) is 153 Å². The summed E-state index contributed by atoms with van der Waals surface area (Å²) in [4.78, 5) is 5.41. The molecule has 0 N–H and O–H groups in total. The van der Waals surface area contributed by atoms with E-state index in [1.54, 1.807) is 0 Å². The van der Waals surface area contributed by atoms with Crippen molar-refractivity contribution in [2.24, 2.45) is 10.9 Å². The number of nitrogens with zero attached hydrogens (tertiary/aromatic N) is 1. The van der Waals surface area contributed by atoms with E-state index in [9.17, 15) is 0 Å². The van der Waals surface area contributed by atoms with Crippen LogP contribution in [0.25, 0.3) is 33.4 Å². The van der Waals surface area contributed by atoms with Gasteiger partial charge in [-0.15, -0.1) is 0 Å². The minimum absolute atomic E-state index is 0.161. The van der Waals surface area contributed by atoms with Gasteiger partial charge in [0.1, 0.15) is 0 Å². The van der Waals surface area contributed by atoms with E-state index < -0.39 is 0 Å². The quantitative estimate of drug-likeness (QED) is 0.196. The zero-order valence-electron chi connectivity index (χ0n) is 25.7. The van der Waals surface area contributed by atoms with E-state index in [2.05, 4.69) is 159 Å². The Balaban J connectivity index is 1.18. The molecule has 1 heteroatoms. The number of hydrogen-bond donors (Lipinski definition) is 0.